The SMILES string of the molecule is N#Cc1cc(-n2c3ccccc3c3cc(-n4c5ccccc5c5ccccc54)ccc32)c(-n2c3ccccc3c3cc(-n4c5ccccc5c5ccccc54)ccc32)cc1-c1cc(-c2ccccc2)nc(-c2ccccc2)c1. The van der Waals surface area contributed by atoms with Gasteiger partial charge in [-0.05, 0) is 103 Å². The van der Waals surface area contributed by atoms with Crippen molar-refractivity contribution in [2.45, 2.75) is 0 Å². The van der Waals surface area contributed by atoms with Gasteiger partial charge < -0.3 is 18.3 Å². The predicted molar refractivity (Wildman–Crippen MR) is 323 cm³/mol. The van der Waals surface area contributed by atoms with Crippen molar-refractivity contribution in [1.82, 2.24) is 23.3 Å². The van der Waals surface area contributed by atoms with Crippen molar-refractivity contribution >= 4 is 87.2 Å². The molecule has 16 aromatic rings. The average molecular weight is 993 g/mol. The largest absolute Gasteiger partial charge is 0.309 e. The summed E-state index contributed by atoms with van der Waals surface area (Å²) in [7, 11) is 0. The van der Waals surface area contributed by atoms with Crippen LogP contribution in [0.5, 0.6) is 0 Å². The fourth-order valence-corrected chi connectivity index (χ4v) is 12.6. The molecular formula is C72H44N6. The molecule has 0 radical (unpaired) electrons. The molecule has 0 saturated carbocycles. The second-order valence-electron chi connectivity index (χ2n) is 20.2. The molecule has 0 atom stereocenters. The molecule has 0 bridgehead atoms. The molecule has 6 heteroatoms. The fourth-order valence-electron chi connectivity index (χ4n) is 12.6. The Kier molecular flexibility index (Phi) is 9.60. The summed E-state index contributed by atoms with van der Waals surface area (Å²) in [5.41, 5.74) is 18.8. The summed E-state index contributed by atoms with van der Waals surface area (Å²) in [6, 6.07) is 97.9. The van der Waals surface area contributed by atoms with Crippen LogP contribution in [-0.4, -0.2) is 23.3 Å². The zero-order valence-electron chi connectivity index (χ0n) is 42.1. The third-order valence-electron chi connectivity index (χ3n) is 16.0. The van der Waals surface area contributed by atoms with Crippen LogP contribution < -0.4 is 0 Å². The Morgan fingerprint density at radius 1 is 0.269 bits per heavy atom. The summed E-state index contributed by atoms with van der Waals surface area (Å²) in [6.07, 6.45) is 0. The van der Waals surface area contributed by atoms with Crippen molar-refractivity contribution in [1.29, 1.82) is 5.26 Å². The average Bonchev–Trinajstić information content (AvgIpc) is 4.44. The Morgan fingerprint density at radius 2 is 0.590 bits per heavy atom. The number of hydrogen-bond donors (Lipinski definition) is 0. The highest BCUT2D eigenvalue weighted by molar-refractivity contribution is 6.15. The van der Waals surface area contributed by atoms with Gasteiger partial charge in [0.15, 0.2) is 0 Å². The molecule has 0 spiro atoms. The van der Waals surface area contributed by atoms with Crippen LogP contribution in [0.4, 0.5) is 0 Å². The van der Waals surface area contributed by atoms with Crippen LogP contribution >= 0.6 is 0 Å². The van der Waals surface area contributed by atoms with Gasteiger partial charge in [-0.3, -0.25) is 0 Å². The van der Waals surface area contributed by atoms with Crippen molar-refractivity contribution in [3.63, 3.8) is 0 Å². The van der Waals surface area contributed by atoms with E-state index in [1.54, 1.807) is 0 Å². The maximum Gasteiger partial charge on any atom is 0.0998 e. The summed E-state index contributed by atoms with van der Waals surface area (Å²) in [5, 5.41) is 20.9. The monoisotopic (exact) mass is 992 g/mol. The second kappa shape index (κ2) is 17.2. The van der Waals surface area contributed by atoms with E-state index in [-0.39, 0.29) is 0 Å². The number of aromatic nitrogens is 5. The van der Waals surface area contributed by atoms with Crippen molar-refractivity contribution in [2.75, 3.05) is 0 Å². The van der Waals surface area contributed by atoms with E-state index in [2.05, 4.69) is 255 Å². The van der Waals surface area contributed by atoms with Gasteiger partial charge in [0, 0.05) is 71.2 Å². The quantitative estimate of drug-likeness (QED) is 0.160. The van der Waals surface area contributed by atoms with E-state index in [1.807, 2.05) is 36.4 Å². The third kappa shape index (κ3) is 6.52. The van der Waals surface area contributed by atoms with E-state index in [0.29, 0.717) is 5.56 Å². The number of nitriles is 1. The third-order valence-corrected chi connectivity index (χ3v) is 16.0. The molecule has 0 aliphatic heterocycles. The number of para-hydroxylation sites is 6. The van der Waals surface area contributed by atoms with Crippen LogP contribution in [0.15, 0.2) is 267 Å². The Balaban J connectivity index is 0.999. The normalized spacial score (nSPS) is 11.8. The molecule has 11 aromatic carbocycles. The first kappa shape index (κ1) is 43.6. The minimum atomic E-state index is 0.556. The predicted octanol–water partition coefficient (Wildman–Crippen LogP) is 18.3. The molecule has 6 nitrogen and oxygen atoms in total. The second-order valence-corrected chi connectivity index (χ2v) is 20.2. The fraction of sp³-hybridized carbons (Fsp3) is 0. The molecule has 78 heavy (non-hydrogen) atoms. The maximum atomic E-state index is 11.6. The molecule has 0 aliphatic rings. The van der Waals surface area contributed by atoms with Crippen molar-refractivity contribution in [2.24, 2.45) is 0 Å². The molecule has 362 valence electrons. The number of benzene rings is 11. The van der Waals surface area contributed by atoms with E-state index in [9.17, 15) is 5.26 Å². The molecule has 16 rings (SSSR count). The van der Waals surface area contributed by atoms with Crippen LogP contribution in [0.1, 0.15) is 5.56 Å². The smallest absolute Gasteiger partial charge is 0.0998 e. The van der Waals surface area contributed by atoms with E-state index in [0.717, 1.165) is 122 Å². The Hall–Kier alpha value is -10.7. The van der Waals surface area contributed by atoms with Crippen molar-refractivity contribution < 1.29 is 0 Å². The molecule has 0 amide bonds. The highest BCUT2D eigenvalue weighted by atomic mass is 15.1. The van der Waals surface area contributed by atoms with E-state index >= 15 is 0 Å². The Morgan fingerprint density at radius 3 is 0.974 bits per heavy atom. The van der Waals surface area contributed by atoms with Crippen LogP contribution in [0.25, 0.3) is 144 Å². The summed E-state index contributed by atoms with van der Waals surface area (Å²) in [4.78, 5) is 5.27. The van der Waals surface area contributed by atoms with E-state index in [4.69, 9.17) is 4.98 Å². The molecule has 5 aromatic heterocycles. The molecule has 0 aliphatic carbocycles. The number of nitrogens with zero attached hydrogens (tertiary/aromatic N) is 6. The molecular weight excluding hydrogens is 949 g/mol. The standard InChI is InChI=1S/C72H44N6/c73-45-49-41-71(77-67-33-17-11-27-56(67)59-42-50(35-37-69(59)77)75-63-29-13-7-23-52(63)53-24-8-14-30-64(53)75)72(44-58(49)48-39-61(46-19-3-1-4-20-46)74-62(40-48)47-21-5-2-6-22-47)78-68-34-18-12-28-57(68)60-43-51(36-38-70(60)78)76-65-31-15-9-25-54(65)55-26-10-16-32-66(55)76/h1-44H. The highest BCUT2D eigenvalue weighted by Crippen LogP contribution is 2.44. The van der Waals surface area contributed by atoms with Crippen LogP contribution in [0.3, 0.4) is 0 Å². The zero-order valence-corrected chi connectivity index (χ0v) is 42.1. The van der Waals surface area contributed by atoms with Crippen molar-refractivity contribution in [3.05, 3.63) is 272 Å². The number of pyridine rings is 1. The molecule has 0 N–H and O–H groups in total. The van der Waals surface area contributed by atoms with Crippen LogP contribution in [0, 0.1) is 11.3 Å². The van der Waals surface area contributed by atoms with Gasteiger partial charge >= 0.3 is 0 Å². The van der Waals surface area contributed by atoms with Gasteiger partial charge in [0.05, 0.1) is 78.5 Å². The first-order valence-electron chi connectivity index (χ1n) is 26.4. The Bertz CT molecular complexity index is 5000. The minimum Gasteiger partial charge on any atom is -0.309 e. The van der Waals surface area contributed by atoms with Crippen LogP contribution in [0.2, 0.25) is 0 Å². The van der Waals surface area contributed by atoms with E-state index < -0.39 is 0 Å². The number of rotatable bonds is 7. The lowest BCUT2D eigenvalue weighted by Gasteiger charge is -2.20. The van der Waals surface area contributed by atoms with Gasteiger partial charge in [0.2, 0.25) is 0 Å². The first-order valence-corrected chi connectivity index (χ1v) is 26.4. The molecule has 5 heterocycles. The van der Waals surface area contributed by atoms with Gasteiger partial charge in [-0.2, -0.15) is 5.26 Å². The Labute approximate surface area is 448 Å². The number of hydrogen-bond acceptors (Lipinski definition) is 2. The van der Waals surface area contributed by atoms with Crippen LogP contribution in [-0.2, 0) is 0 Å². The summed E-state index contributed by atoms with van der Waals surface area (Å²) >= 11 is 0. The molecule has 0 fully saturated rings. The minimum absolute atomic E-state index is 0.556. The summed E-state index contributed by atoms with van der Waals surface area (Å²) < 4.78 is 9.58. The molecule has 0 saturated heterocycles. The van der Waals surface area contributed by atoms with Gasteiger partial charge in [-0.15, -0.1) is 0 Å². The molecule has 0 unspecified atom stereocenters. The topological polar surface area (TPSA) is 56.4 Å². The van der Waals surface area contributed by atoms with E-state index in [1.165, 1.54) is 21.5 Å². The van der Waals surface area contributed by atoms with Gasteiger partial charge in [-0.25, -0.2) is 4.98 Å². The first-order chi connectivity index (χ1) is 38.7. The zero-order chi connectivity index (χ0) is 51.4. The summed E-state index contributed by atoms with van der Waals surface area (Å²) in [5.74, 6) is 0. The van der Waals surface area contributed by atoms with Crippen molar-refractivity contribution in [3.8, 4) is 62.5 Å². The highest BCUT2D eigenvalue weighted by Gasteiger charge is 2.25. The maximum absolute atomic E-state index is 11.6. The lowest BCUT2D eigenvalue weighted by Crippen LogP contribution is -2.06. The summed E-state index contributed by atoms with van der Waals surface area (Å²) in [6.45, 7) is 0. The lowest BCUT2D eigenvalue weighted by molar-refractivity contribution is 1.09. The van der Waals surface area contributed by atoms with Gasteiger partial charge in [0.1, 0.15) is 0 Å². The van der Waals surface area contributed by atoms with Gasteiger partial charge in [0.25, 0.3) is 0 Å². The van der Waals surface area contributed by atoms with Gasteiger partial charge in [-0.1, -0.05) is 170 Å². The lowest BCUT2D eigenvalue weighted by atomic mass is 9.95. The number of fused-ring (bicyclic) bond motifs is 12.